The summed E-state index contributed by atoms with van der Waals surface area (Å²) in [4.78, 5) is 42.1. The molecule has 0 saturated heterocycles. The number of rotatable bonds is 11. The van der Waals surface area contributed by atoms with Crippen LogP contribution < -0.4 is 14.8 Å². The van der Waals surface area contributed by atoms with E-state index in [9.17, 15) is 14.4 Å². The number of carbonyl (C=O) groups excluding carboxylic acids is 3. The molecule has 0 radical (unpaired) electrons. The standard InChI is InChI=1S/C27H30N2O7/c1-5-33-22-13-12-18(14-23(22)34-6-2)26(31)28-15-24(30)36-16-21-25(27(32)35-7-3)17(4)19-10-8-9-11-20(19)29-21/h8-14H,5-7,15-16H2,1-4H3,(H,28,31). The smallest absolute Gasteiger partial charge is 0.340 e. The Labute approximate surface area is 209 Å². The second kappa shape index (κ2) is 12.5. The third kappa shape index (κ3) is 6.29. The topological polar surface area (TPSA) is 113 Å². The maximum Gasteiger partial charge on any atom is 0.340 e. The molecule has 2 aromatic carbocycles. The van der Waals surface area contributed by atoms with Crippen molar-refractivity contribution in [2.24, 2.45) is 0 Å². The lowest BCUT2D eigenvalue weighted by Gasteiger charge is -2.14. The van der Waals surface area contributed by atoms with Crippen LogP contribution in [0.4, 0.5) is 0 Å². The van der Waals surface area contributed by atoms with E-state index in [4.69, 9.17) is 18.9 Å². The molecule has 0 aliphatic heterocycles. The van der Waals surface area contributed by atoms with Crippen molar-refractivity contribution in [2.45, 2.75) is 34.3 Å². The molecule has 1 heterocycles. The van der Waals surface area contributed by atoms with Gasteiger partial charge in [-0.15, -0.1) is 0 Å². The number of aryl methyl sites for hydroxylation is 1. The van der Waals surface area contributed by atoms with Crippen molar-refractivity contribution in [3.05, 3.63) is 64.8 Å². The maximum atomic E-state index is 12.6. The van der Waals surface area contributed by atoms with Gasteiger partial charge in [-0.25, -0.2) is 9.78 Å². The molecule has 36 heavy (non-hydrogen) atoms. The Morgan fingerprint density at radius 3 is 2.33 bits per heavy atom. The molecule has 190 valence electrons. The van der Waals surface area contributed by atoms with Gasteiger partial charge in [-0.3, -0.25) is 9.59 Å². The number of carbonyl (C=O) groups is 3. The highest BCUT2D eigenvalue weighted by Gasteiger charge is 2.21. The van der Waals surface area contributed by atoms with Gasteiger partial charge in [0.1, 0.15) is 13.2 Å². The molecule has 9 nitrogen and oxygen atoms in total. The Balaban J connectivity index is 1.68. The lowest BCUT2D eigenvalue weighted by Crippen LogP contribution is -2.30. The molecule has 0 aliphatic rings. The molecule has 0 bridgehead atoms. The molecular formula is C27H30N2O7. The van der Waals surface area contributed by atoms with Gasteiger partial charge in [0.15, 0.2) is 11.5 Å². The summed E-state index contributed by atoms with van der Waals surface area (Å²) in [5, 5.41) is 3.34. The molecule has 9 heteroatoms. The molecule has 3 aromatic rings. The van der Waals surface area contributed by atoms with E-state index in [2.05, 4.69) is 10.3 Å². The van der Waals surface area contributed by atoms with Crippen molar-refractivity contribution in [1.82, 2.24) is 10.3 Å². The Morgan fingerprint density at radius 1 is 0.889 bits per heavy atom. The molecule has 0 saturated carbocycles. The number of para-hydroxylation sites is 1. The summed E-state index contributed by atoms with van der Waals surface area (Å²) in [5.41, 5.74) is 2.23. The third-order valence-electron chi connectivity index (χ3n) is 5.28. The van der Waals surface area contributed by atoms with Crippen molar-refractivity contribution in [3.63, 3.8) is 0 Å². The fourth-order valence-corrected chi connectivity index (χ4v) is 3.67. The molecule has 1 aromatic heterocycles. The van der Waals surface area contributed by atoms with Crippen LogP contribution in [0.3, 0.4) is 0 Å². The van der Waals surface area contributed by atoms with Gasteiger partial charge in [-0.05, 0) is 57.5 Å². The lowest BCUT2D eigenvalue weighted by atomic mass is 10.0. The number of nitrogens with zero attached hydrogens (tertiary/aromatic N) is 1. The molecular weight excluding hydrogens is 464 g/mol. The number of hydrogen-bond donors (Lipinski definition) is 1. The number of ether oxygens (including phenoxy) is 4. The second-order valence-corrected chi connectivity index (χ2v) is 7.67. The Kier molecular flexibility index (Phi) is 9.21. The maximum absolute atomic E-state index is 12.6. The van der Waals surface area contributed by atoms with Gasteiger partial charge < -0.3 is 24.3 Å². The summed E-state index contributed by atoms with van der Waals surface area (Å²) < 4.78 is 21.6. The molecule has 1 amide bonds. The summed E-state index contributed by atoms with van der Waals surface area (Å²) >= 11 is 0. The predicted molar refractivity (Wildman–Crippen MR) is 133 cm³/mol. The molecule has 3 rings (SSSR count). The van der Waals surface area contributed by atoms with Crippen LogP contribution >= 0.6 is 0 Å². The zero-order valence-electron chi connectivity index (χ0n) is 20.9. The first-order valence-electron chi connectivity index (χ1n) is 11.8. The van der Waals surface area contributed by atoms with E-state index in [-0.39, 0.29) is 31.0 Å². The largest absolute Gasteiger partial charge is 0.490 e. The number of amides is 1. The van der Waals surface area contributed by atoms with Crippen LogP contribution in [0, 0.1) is 6.92 Å². The molecule has 0 spiro atoms. The Bertz CT molecular complexity index is 1260. The van der Waals surface area contributed by atoms with E-state index in [0.29, 0.717) is 41.4 Å². The highest BCUT2D eigenvalue weighted by atomic mass is 16.5. The van der Waals surface area contributed by atoms with Crippen LogP contribution in [-0.2, 0) is 20.9 Å². The minimum Gasteiger partial charge on any atom is -0.490 e. The van der Waals surface area contributed by atoms with Gasteiger partial charge in [-0.1, -0.05) is 18.2 Å². The fraction of sp³-hybridized carbons (Fsp3) is 0.333. The van der Waals surface area contributed by atoms with Crippen molar-refractivity contribution >= 4 is 28.7 Å². The van der Waals surface area contributed by atoms with Crippen molar-refractivity contribution in [1.29, 1.82) is 0 Å². The van der Waals surface area contributed by atoms with Crippen molar-refractivity contribution in [3.8, 4) is 11.5 Å². The summed E-state index contributed by atoms with van der Waals surface area (Å²) in [5.74, 6) is -0.706. The van der Waals surface area contributed by atoms with Crippen LogP contribution in [0.2, 0.25) is 0 Å². The van der Waals surface area contributed by atoms with E-state index in [1.807, 2.05) is 38.1 Å². The third-order valence-corrected chi connectivity index (χ3v) is 5.28. The van der Waals surface area contributed by atoms with Gasteiger partial charge in [0, 0.05) is 10.9 Å². The Hall–Kier alpha value is -4.14. The summed E-state index contributed by atoms with van der Waals surface area (Å²) in [7, 11) is 0. The summed E-state index contributed by atoms with van der Waals surface area (Å²) in [6.07, 6.45) is 0. The van der Waals surface area contributed by atoms with Gasteiger partial charge in [0.05, 0.1) is 36.6 Å². The average Bonchev–Trinajstić information content (AvgIpc) is 2.87. The number of pyridine rings is 1. The highest BCUT2D eigenvalue weighted by molar-refractivity contribution is 5.98. The number of nitrogens with one attached hydrogen (secondary N) is 1. The molecule has 1 N–H and O–H groups in total. The number of hydrogen-bond acceptors (Lipinski definition) is 8. The van der Waals surface area contributed by atoms with E-state index in [1.165, 1.54) is 0 Å². The van der Waals surface area contributed by atoms with Gasteiger partial charge in [0.2, 0.25) is 0 Å². The fourth-order valence-electron chi connectivity index (χ4n) is 3.67. The average molecular weight is 495 g/mol. The van der Waals surface area contributed by atoms with Crippen LogP contribution in [0.25, 0.3) is 10.9 Å². The molecule has 0 unspecified atom stereocenters. The zero-order chi connectivity index (χ0) is 26.1. The minimum absolute atomic E-state index is 0.201. The highest BCUT2D eigenvalue weighted by Crippen LogP contribution is 2.28. The molecule has 0 aliphatic carbocycles. The summed E-state index contributed by atoms with van der Waals surface area (Å²) in [6.45, 7) is 7.66. The molecule has 0 atom stereocenters. The van der Waals surface area contributed by atoms with E-state index in [0.717, 1.165) is 5.39 Å². The number of esters is 2. The number of fused-ring (bicyclic) bond motifs is 1. The number of aromatic nitrogens is 1. The van der Waals surface area contributed by atoms with Gasteiger partial charge in [-0.2, -0.15) is 0 Å². The first-order chi connectivity index (χ1) is 17.4. The SMILES string of the molecule is CCOC(=O)c1c(COC(=O)CNC(=O)c2ccc(OCC)c(OCC)c2)nc2ccccc2c1C. The normalized spacial score (nSPS) is 10.6. The first kappa shape index (κ1) is 26.5. The van der Waals surface area contributed by atoms with Crippen LogP contribution in [0.5, 0.6) is 11.5 Å². The zero-order valence-corrected chi connectivity index (χ0v) is 20.9. The van der Waals surface area contributed by atoms with Crippen LogP contribution in [-0.4, -0.2) is 49.2 Å². The lowest BCUT2D eigenvalue weighted by molar-refractivity contribution is -0.143. The predicted octanol–water partition coefficient (Wildman–Crippen LogP) is 3.99. The second-order valence-electron chi connectivity index (χ2n) is 7.67. The molecule has 0 fully saturated rings. The van der Waals surface area contributed by atoms with Crippen molar-refractivity contribution in [2.75, 3.05) is 26.4 Å². The van der Waals surface area contributed by atoms with Gasteiger partial charge in [0.25, 0.3) is 5.91 Å². The van der Waals surface area contributed by atoms with Gasteiger partial charge >= 0.3 is 11.9 Å². The van der Waals surface area contributed by atoms with Crippen molar-refractivity contribution < 1.29 is 33.3 Å². The quantitative estimate of drug-likeness (QED) is 0.398. The monoisotopic (exact) mass is 494 g/mol. The summed E-state index contributed by atoms with van der Waals surface area (Å²) in [6, 6.07) is 12.2. The Morgan fingerprint density at radius 2 is 1.61 bits per heavy atom. The minimum atomic E-state index is -0.679. The van der Waals surface area contributed by atoms with E-state index in [1.54, 1.807) is 32.0 Å². The van der Waals surface area contributed by atoms with E-state index >= 15 is 0 Å². The number of benzene rings is 2. The van der Waals surface area contributed by atoms with Crippen LogP contribution in [0.1, 0.15) is 52.7 Å². The van der Waals surface area contributed by atoms with E-state index < -0.39 is 17.8 Å². The first-order valence-corrected chi connectivity index (χ1v) is 11.8. The van der Waals surface area contributed by atoms with Crippen LogP contribution in [0.15, 0.2) is 42.5 Å².